The van der Waals surface area contributed by atoms with Crippen molar-refractivity contribution in [3.63, 3.8) is 0 Å². The van der Waals surface area contributed by atoms with Crippen LogP contribution in [0.4, 0.5) is 5.69 Å². The van der Waals surface area contributed by atoms with Gasteiger partial charge in [0.2, 0.25) is 0 Å². The summed E-state index contributed by atoms with van der Waals surface area (Å²) in [7, 11) is 0. The number of nitrogens with zero attached hydrogens (tertiary/aromatic N) is 2. The van der Waals surface area contributed by atoms with Crippen molar-refractivity contribution in [2.75, 3.05) is 31.5 Å². The Morgan fingerprint density at radius 3 is 2.03 bits per heavy atom. The molecule has 0 unspecified atom stereocenters. The summed E-state index contributed by atoms with van der Waals surface area (Å²) < 4.78 is 0. The molecule has 0 radical (unpaired) electrons. The molecular formula is C28H31N3O. The SMILES string of the molecule is N#Cc1ccccc1NCCCN1CCC(C(O)(c2ccccc2)c2ccccc2)CC1. The van der Waals surface area contributed by atoms with E-state index in [4.69, 9.17) is 0 Å². The Hall–Kier alpha value is -3.13. The van der Waals surface area contributed by atoms with Crippen molar-refractivity contribution < 1.29 is 5.11 Å². The van der Waals surface area contributed by atoms with Crippen molar-refractivity contribution in [2.24, 2.45) is 5.92 Å². The smallest absolute Gasteiger partial charge is 0.117 e. The highest BCUT2D eigenvalue weighted by molar-refractivity contribution is 5.57. The number of hydrogen-bond donors (Lipinski definition) is 2. The molecule has 0 saturated carbocycles. The topological polar surface area (TPSA) is 59.3 Å². The van der Waals surface area contributed by atoms with E-state index in [0.29, 0.717) is 5.56 Å². The van der Waals surface area contributed by atoms with Gasteiger partial charge in [-0.15, -0.1) is 0 Å². The summed E-state index contributed by atoms with van der Waals surface area (Å²) in [6, 6.07) is 30.1. The van der Waals surface area contributed by atoms with Crippen LogP contribution >= 0.6 is 0 Å². The highest BCUT2D eigenvalue weighted by atomic mass is 16.3. The van der Waals surface area contributed by atoms with Crippen molar-refractivity contribution >= 4 is 5.69 Å². The highest BCUT2D eigenvalue weighted by Gasteiger charge is 2.41. The van der Waals surface area contributed by atoms with Crippen molar-refractivity contribution in [3.8, 4) is 6.07 Å². The Morgan fingerprint density at radius 2 is 1.44 bits per heavy atom. The van der Waals surface area contributed by atoms with E-state index in [2.05, 4.69) is 16.3 Å². The van der Waals surface area contributed by atoms with Gasteiger partial charge in [-0.05, 0) is 68.1 Å². The lowest BCUT2D eigenvalue weighted by atomic mass is 9.72. The summed E-state index contributed by atoms with van der Waals surface area (Å²) in [4.78, 5) is 2.49. The third kappa shape index (κ3) is 4.85. The molecule has 1 fully saturated rings. The zero-order chi connectivity index (χ0) is 22.2. The monoisotopic (exact) mass is 425 g/mol. The first-order valence-electron chi connectivity index (χ1n) is 11.5. The second-order valence-corrected chi connectivity index (χ2v) is 8.55. The van der Waals surface area contributed by atoms with Crippen LogP contribution in [-0.2, 0) is 5.60 Å². The second-order valence-electron chi connectivity index (χ2n) is 8.55. The molecule has 32 heavy (non-hydrogen) atoms. The van der Waals surface area contributed by atoms with E-state index in [1.165, 1.54) is 0 Å². The molecular weight excluding hydrogens is 394 g/mol. The van der Waals surface area contributed by atoms with Crippen LogP contribution in [0.25, 0.3) is 0 Å². The van der Waals surface area contributed by atoms with Gasteiger partial charge in [0.1, 0.15) is 11.7 Å². The average molecular weight is 426 g/mol. The fourth-order valence-corrected chi connectivity index (χ4v) is 4.86. The molecule has 3 aromatic rings. The van der Waals surface area contributed by atoms with Gasteiger partial charge < -0.3 is 15.3 Å². The van der Waals surface area contributed by atoms with Gasteiger partial charge in [0.25, 0.3) is 0 Å². The van der Waals surface area contributed by atoms with E-state index in [-0.39, 0.29) is 5.92 Å². The number of nitriles is 1. The van der Waals surface area contributed by atoms with Gasteiger partial charge in [0.05, 0.1) is 11.3 Å². The van der Waals surface area contributed by atoms with Gasteiger partial charge in [-0.3, -0.25) is 0 Å². The van der Waals surface area contributed by atoms with Crippen molar-refractivity contribution in [1.29, 1.82) is 5.26 Å². The van der Waals surface area contributed by atoms with Gasteiger partial charge in [0.15, 0.2) is 0 Å². The molecule has 0 amide bonds. The van der Waals surface area contributed by atoms with E-state index >= 15 is 0 Å². The van der Waals surface area contributed by atoms with Crippen LogP contribution in [0.1, 0.15) is 36.0 Å². The van der Waals surface area contributed by atoms with E-state index in [9.17, 15) is 10.4 Å². The minimum absolute atomic E-state index is 0.184. The lowest BCUT2D eigenvalue weighted by Crippen LogP contribution is -2.44. The number of anilines is 1. The number of para-hydroxylation sites is 1. The second kappa shape index (κ2) is 10.5. The first-order valence-corrected chi connectivity index (χ1v) is 11.5. The van der Waals surface area contributed by atoms with Crippen LogP contribution in [0.15, 0.2) is 84.9 Å². The van der Waals surface area contributed by atoms with Crippen LogP contribution in [-0.4, -0.2) is 36.2 Å². The first kappa shape index (κ1) is 22.1. The van der Waals surface area contributed by atoms with Crippen LogP contribution in [0, 0.1) is 17.2 Å². The van der Waals surface area contributed by atoms with Crippen molar-refractivity contribution in [3.05, 3.63) is 102 Å². The molecule has 3 aromatic carbocycles. The number of aliphatic hydroxyl groups is 1. The number of nitrogens with one attached hydrogen (secondary N) is 1. The van der Waals surface area contributed by atoms with Crippen molar-refractivity contribution in [1.82, 2.24) is 4.90 Å². The van der Waals surface area contributed by atoms with Crippen LogP contribution < -0.4 is 5.32 Å². The maximum Gasteiger partial charge on any atom is 0.117 e. The maximum absolute atomic E-state index is 12.0. The largest absolute Gasteiger partial charge is 0.384 e. The van der Waals surface area contributed by atoms with Gasteiger partial charge in [-0.2, -0.15) is 5.26 Å². The zero-order valence-corrected chi connectivity index (χ0v) is 18.5. The minimum Gasteiger partial charge on any atom is -0.384 e. The molecule has 0 spiro atoms. The Bertz CT molecular complexity index is 982. The lowest BCUT2D eigenvalue weighted by Gasteiger charge is -2.42. The molecule has 0 bridgehead atoms. The third-order valence-electron chi connectivity index (χ3n) is 6.62. The molecule has 1 aliphatic heterocycles. The molecule has 4 heteroatoms. The summed E-state index contributed by atoms with van der Waals surface area (Å²) >= 11 is 0. The predicted octanol–water partition coefficient (Wildman–Crippen LogP) is 5.01. The molecule has 1 aliphatic rings. The average Bonchev–Trinajstić information content (AvgIpc) is 2.88. The maximum atomic E-state index is 12.0. The Morgan fingerprint density at radius 1 is 0.875 bits per heavy atom. The molecule has 4 nitrogen and oxygen atoms in total. The third-order valence-corrected chi connectivity index (χ3v) is 6.62. The number of benzene rings is 3. The molecule has 4 rings (SSSR count). The Balaban J connectivity index is 1.34. The fraction of sp³-hybridized carbons (Fsp3) is 0.321. The molecule has 2 N–H and O–H groups in total. The number of likely N-dealkylation sites (tertiary alicyclic amines) is 1. The predicted molar refractivity (Wildman–Crippen MR) is 129 cm³/mol. The van der Waals surface area contributed by atoms with E-state index in [1.54, 1.807) is 0 Å². The minimum atomic E-state index is -0.961. The summed E-state index contributed by atoms with van der Waals surface area (Å²) in [5.41, 5.74) is 2.59. The van der Waals surface area contributed by atoms with E-state index in [1.807, 2.05) is 84.9 Å². The lowest BCUT2D eigenvalue weighted by molar-refractivity contribution is -0.0141. The van der Waals surface area contributed by atoms with Crippen LogP contribution in [0.2, 0.25) is 0 Å². The fourth-order valence-electron chi connectivity index (χ4n) is 4.86. The molecule has 0 atom stereocenters. The number of rotatable bonds is 8. The van der Waals surface area contributed by atoms with Gasteiger partial charge >= 0.3 is 0 Å². The Kier molecular flexibility index (Phi) is 7.21. The summed E-state index contributed by atoms with van der Waals surface area (Å²) in [5.74, 6) is 0.184. The summed E-state index contributed by atoms with van der Waals surface area (Å²) in [6.07, 6.45) is 2.95. The zero-order valence-electron chi connectivity index (χ0n) is 18.5. The Labute approximate surface area is 191 Å². The van der Waals surface area contributed by atoms with E-state index in [0.717, 1.165) is 62.3 Å². The summed E-state index contributed by atoms with van der Waals surface area (Å²) in [5, 5.41) is 24.6. The first-order chi connectivity index (χ1) is 15.7. The van der Waals surface area contributed by atoms with Gasteiger partial charge in [0, 0.05) is 6.54 Å². The summed E-state index contributed by atoms with van der Waals surface area (Å²) in [6.45, 7) is 3.84. The molecule has 0 aliphatic carbocycles. The van der Waals surface area contributed by atoms with Crippen LogP contribution in [0.3, 0.4) is 0 Å². The highest BCUT2D eigenvalue weighted by Crippen LogP contribution is 2.41. The molecule has 164 valence electrons. The molecule has 0 aromatic heterocycles. The number of hydrogen-bond acceptors (Lipinski definition) is 4. The quantitative estimate of drug-likeness (QED) is 0.498. The molecule has 1 heterocycles. The van der Waals surface area contributed by atoms with Crippen molar-refractivity contribution in [2.45, 2.75) is 24.9 Å². The van der Waals surface area contributed by atoms with Crippen LogP contribution in [0.5, 0.6) is 0 Å². The van der Waals surface area contributed by atoms with E-state index < -0.39 is 5.60 Å². The standard InChI is InChI=1S/C28H31N3O/c29-22-23-10-7-8-15-27(23)30-18-9-19-31-20-16-26(17-21-31)28(32,24-11-3-1-4-12-24)25-13-5-2-6-14-25/h1-8,10-15,26,30,32H,9,16-21H2. The van der Waals surface area contributed by atoms with Gasteiger partial charge in [-0.1, -0.05) is 72.8 Å². The normalized spacial score (nSPS) is 15.2. The van der Waals surface area contributed by atoms with Gasteiger partial charge in [-0.25, -0.2) is 0 Å². The molecule has 1 saturated heterocycles. The number of piperidine rings is 1.